The molecule has 0 aliphatic heterocycles. The average molecular weight is 281 g/mol. The number of ether oxygens (including phenoxy) is 1. The molecule has 0 fully saturated rings. The first-order valence-electron chi connectivity index (χ1n) is 5.57. The molecule has 7 nitrogen and oxygen atoms in total. The SMILES string of the molecule is CCOC(=O)C(N)/C=C(/CCCO)CP(=O)(O)O. The Labute approximate surface area is 106 Å². The Morgan fingerprint density at radius 2 is 2.11 bits per heavy atom. The van der Waals surface area contributed by atoms with Gasteiger partial charge in [-0.2, -0.15) is 0 Å². The van der Waals surface area contributed by atoms with E-state index in [0.717, 1.165) is 0 Å². The van der Waals surface area contributed by atoms with E-state index in [1.54, 1.807) is 6.92 Å². The van der Waals surface area contributed by atoms with Crippen LogP contribution in [-0.4, -0.2) is 46.3 Å². The number of hydrogen-bond donors (Lipinski definition) is 4. The van der Waals surface area contributed by atoms with Crippen LogP contribution in [0.1, 0.15) is 19.8 Å². The van der Waals surface area contributed by atoms with Crippen LogP contribution in [0.3, 0.4) is 0 Å². The van der Waals surface area contributed by atoms with Gasteiger partial charge in [0.2, 0.25) is 0 Å². The molecule has 0 aliphatic carbocycles. The summed E-state index contributed by atoms with van der Waals surface area (Å²) in [5.74, 6) is -0.648. The Bertz CT molecular complexity index is 337. The molecule has 0 aromatic carbocycles. The predicted octanol–water partition coefficient (Wildman–Crippen LogP) is -0.247. The molecule has 18 heavy (non-hydrogen) atoms. The van der Waals surface area contributed by atoms with Gasteiger partial charge in [0.05, 0.1) is 12.8 Å². The zero-order chi connectivity index (χ0) is 14.2. The third-order valence-corrected chi connectivity index (χ3v) is 2.86. The average Bonchev–Trinajstić information content (AvgIpc) is 2.24. The highest BCUT2D eigenvalue weighted by Gasteiger charge is 2.19. The topological polar surface area (TPSA) is 130 Å². The highest BCUT2D eigenvalue weighted by Crippen LogP contribution is 2.37. The Balaban J connectivity index is 4.71. The summed E-state index contributed by atoms with van der Waals surface area (Å²) in [6.07, 6.45) is 1.43. The van der Waals surface area contributed by atoms with Gasteiger partial charge in [-0.25, -0.2) is 0 Å². The van der Waals surface area contributed by atoms with Gasteiger partial charge in [-0.15, -0.1) is 0 Å². The molecule has 0 saturated heterocycles. The molecule has 0 radical (unpaired) electrons. The number of carbonyl (C=O) groups is 1. The molecule has 1 atom stereocenters. The smallest absolute Gasteiger partial charge is 0.329 e. The lowest BCUT2D eigenvalue weighted by Crippen LogP contribution is -2.30. The monoisotopic (exact) mass is 281 g/mol. The van der Waals surface area contributed by atoms with Crippen LogP contribution in [-0.2, 0) is 14.1 Å². The van der Waals surface area contributed by atoms with Crippen LogP contribution in [0.15, 0.2) is 11.6 Å². The van der Waals surface area contributed by atoms with E-state index in [-0.39, 0.29) is 19.6 Å². The van der Waals surface area contributed by atoms with Crippen molar-refractivity contribution < 1.29 is 29.0 Å². The summed E-state index contributed by atoms with van der Waals surface area (Å²) >= 11 is 0. The quantitative estimate of drug-likeness (QED) is 0.274. The van der Waals surface area contributed by atoms with E-state index in [1.165, 1.54) is 6.08 Å². The number of hydrogen-bond acceptors (Lipinski definition) is 5. The normalized spacial score (nSPS) is 14.4. The van der Waals surface area contributed by atoms with Crippen molar-refractivity contribution in [2.75, 3.05) is 19.4 Å². The molecule has 0 rings (SSSR count). The van der Waals surface area contributed by atoms with Crippen molar-refractivity contribution >= 4 is 13.6 Å². The molecule has 1 unspecified atom stereocenters. The van der Waals surface area contributed by atoms with Gasteiger partial charge in [-0.3, -0.25) is 9.36 Å². The van der Waals surface area contributed by atoms with Crippen molar-refractivity contribution in [3.05, 3.63) is 11.6 Å². The Morgan fingerprint density at radius 3 is 2.56 bits per heavy atom. The molecule has 0 spiro atoms. The van der Waals surface area contributed by atoms with E-state index in [1.807, 2.05) is 0 Å². The second kappa shape index (κ2) is 8.39. The van der Waals surface area contributed by atoms with Crippen LogP contribution in [0.4, 0.5) is 0 Å². The molecular weight excluding hydrogens is 261 g/mol. The Hall–Kier alpha value is -0.720. The van der Waals surface area contributed by atoms with Gasteiger partial charge in [0.15, 0.2) is 0 Å². The van der Waals surface area contributed by atoms with Crippen LogP contribution in [0.25, 0.3) is 0 Å². The Kier molecular flexibility index (Phi) is 8.06. The fourth-order valence-electron chi connectivity index (χ4n) is 1.35. The second-order valence-corrected chi connectivity index (χ2v) is 5.40. The van der Waals surface area contributed by atoms with E-state index in [9.17, 15) is 9.36 Å². The van der Waals surface area contributed by atoms with Crippen molar-refractivity contribution in [3.63, 3.8) is 0 Å². The van der Waals surface area contributed by atoms with Crippen LogP contribution in [0.5, 0.6) is 0 Å². The highest BCUT2D eigenvalue weighted by molar-refractivity contribution is 7.52. The molecule has 0 saturated carbocycles. The molecule has 5 N–H and O–H groups in total. The maximum absolute atomic E-state index is 11.3. The number of nitrogens with two attached hydrogens (primary N) is 1. The van der Waals surface area contributed by atoms with Crippen molar-refractivity contribution in [2.24, 2.45) is 5.73 Å². The van der Waals surface area contributed by atoms with Crippen molar-refractivity contribution in [3.8, 4) is 0 Å². The fraction of sp³-hybridized carbons (Fsp3) is 0.700. The zero-order valence-corrected chi connectivity index (χ0v) is 11.2. The number of aliphatic hydroxyl groups is 1. The van der Waals surface area contributed by atoms with E-state index < -0.39 is 25.8 Å². The largest absolute Gasteiger partial charge is 0.465 e. The summed E-state index contributed by atoms with van der Waals surface area (Å²) in [5, 5.41) is 8.70. The maximum Gasteiger partial charge on any atom is 0.329 e. The standard InChI is InChI=1S/C10H20NO6P/c1-2-17-10(13)9(11)6-8(4-3-5-12)7-18(14,15)16/h6,9,12H,2-5,7,11H2,1H3,(H2,14,15,16)/b8-6-. The molecule has 0 heterocycles. The van der Waals surface area contributed by atoms with Crippen molar-refractivity contribution in [2.45, 2.75) is 25.8 Å². The van der Waals surface area contributed by atoms with Gasteiger partial charge in [-0.1, -0.05) is 11.6 Å². The van der Waals surface area contributed by atoms with Crippen LogP contribution in [0, 0.1) is 0 Å². The number of carbonyl (C=O) groups excluding carboxylic acids is 1. The minimum absolute atomic E-state index is 0.104. The van der Waals surface area contributed by atoms with Gasteiger partial charge in [0.1, 0.15) is 6.04 Å². The van der Waals surface area contributed by atoms with Crippen LogP contribution < -0.4 is 5.73 Å². The number of allylic oxidation sites excluding steroid dienone is 1. The summed E-state index contributed by atoms with van der Waals surface area (Å²) in [5.41, 5.74) is 5.87. The van der Waals surface area contributed by atoms with Gasteiger partial charge >= 0.3 is 13.6 Å². The van der Waals surface area contributed by atoms with Crippen LogP contribution >= 0.6 is 7.60 Å². The summed E-state index contributed by atoms with van der Waals surface area (Å²) < 4.78 is 15.6. The lowest BCUT2D eigenvalue weighted by molar-refractivity contribution is -0.143. The van der Waals surface area contributed by atoms with E-state index >= 15 is 0 Å². The number of aliphatic hydroxyl groups excluding tert-OH is 1. The molecule has 0 amide bonds. The second-order valence-electron chi connectivity index (χ2n) is 3.75. The molecule has 106 valence electrons. The number of esters is 1. The molecule has 0 bridgehead atoms. The molecule has 0 aromatic heterocycles. The fourth-order valence-corrected chi connectivity index (χ4v) is 2.14. The van der Waals surface area contributed by atoms with Crippen LogP contribution in [0.2, 0.25) is 0 Å². The summed E-state index contributed by atoms with van der Waals surface area (Å²) in [4.78, 5) is 29.1. The molecule has 0 aliphatic rings. The summed E-state index contributed by atoms with van der Waals surface area (Å²) in [7, 11) is -4.22. The van der Waals surface area contributed by atoms with Crippen molar-refractivity contribution in [1.82, 2.24) is 0 Å². The summed E-state index contributed by atoms with van der Waals surface area (Å²) in [6, 6.07) is -1.05. The third-order valence-electron chi connectivity index (χ3n) is 2.04. The first-order chi connectivity index (χ1) is 8.30. The molecule has 8 heteroatoms. The first-order valence-corrected chi connectivity index (χ1v) is 7.37. The third kappa shape index (κ3) is 8.38. The minimum Gasteiger partial charge on any atom is -0.465 e. The maximum atomic E-state index is 11.3. The van der Waals surface area contributed by atoms with Crippen molar-refractivity contribution in [1.29, 1.82) is 0 Å². The summed E-state index contributed by atoms with van der Waals surface area (Å²) in [6.45, 7) is 1.72. The van der Waals surface area contributed by atoms with Gasteiger partial charge in [-0.05, 0) is 19.8 Å². The van der Waals surface area contributed by atoms with E-state index in [2.05, 4.69) is 4.74 Å². The highest BCUT2D eigenvalue weighted by atomic mass is 31.2. The minimum atomic E-state index is -4.22. The van der Waals surface area contributed by atoms with Gasteiger partial charge < -0.3 is 25.4 Å². The lowest BCUT2D eigenvalue weighted by atomic mass is 10.1. The van der Waals surface area contributed by atoms with E-state index in [0.29, 0.717) is 12.0 Å². The predicted molar refractivity (Wildman–Crippen MR) is 65.9 cm³/mol. The van der Waals surface area contributed by atoms with E-state index in [4.69, 9.17) is 20.6 Å². The lowest BCUT2D eigenvalue weighted by Gasteiger charge is -2.12. The molecular formula is C10H20NO6P. The van der Waals surface area contributed by atoms with Gasteiger partial charge in [0.25, 0.3) is 0 Å². The zero-order valence-electron chi connectivity index (χ0n) is 10.3. The first kappa shape index (κ1) is 17.3. The Morgan fingerprint density at radius 1 is 1.50 bits per heavy atom. The molecule has 0 aromatic rings. The van der Waals surface area contributed by atoms with Gasteiger partial charge in [0, 0.05) is 6.61 Å². The number of rotatable bonds is 8.